The van der Waals surface area contributed by atoms with Crippen LogP contribution in [0, 0.1) is 0 Å². The van der Waals surface area contributed by atoms with Crippen molar-refractivity contribution >= 4 is 23.2 Å². The van der Waals surface area contributed by atoms with E-state index in [2.05, 4.69) is 10.5 Å². The molecule has 0 saturated heterocycles. The molecular formula is C16H16N4O2. The van der Waals surface area contributed by atoms with E-state index < -0.39 is 5.97 Å². The van der Waals surface area contributed by atoms with Crippen molar-refractivity contribution in [1.82, 2.24) is 5.43 Å². The maximum atomic E-state index is 11.9. The van der Waals surface area contributed by atoms with Gasteiger partial charge in [0.25, 0.3) is 5.84 Å². The minimum absolute atomic E-state index is 0.148. The van der Waals surface area contributed by atoms with Crippen molar-refractivity contribution < 1.29 is 9.53 Å². The van der Waals surface area contributed by atoms with Gasteiger partial charge in [-0.15, -0.1) is 5.10 Å². The van der Waals surface area contributed by atoms with E-state index >= 15 is 0 Å². The SMILES string of the molecule is CCOC(=O)C1=NN(c2ccccc2)N(c2ccccc2)N1. The molecule has 22 heavy (non-hydrogen) atoms. The smallest absolute Gasteiger partial charge is 0.377 e. The minimum Gasteiger partial charge on any atom is -0.460 e. The number of carbonyl (C=O) groups excluding carboxylic acids is 1. The van der Waals surface area contributed by atoms with E-state index in [1.165, 1.54) is 0 Å². The molecule has 0 radical (unpaired) electrons. The first-order valence-corrected chi connectivity index (χ1v) is 7.02. The molecule has 1 N–H and O–H groups in total. The average Bonchev–Trinajstić information content (AvgIpc) is 3.02. The summed E-state index contributed by atoms with van der Waals surface area (Å²) in [5, 5.41) is 7.65. The first-order valence-electron chi connectivity index (χ1n) is 7.02. The second-order valence-electron chi connectivity index (χ2n) is 4.55. The summed E-state index contributed by atoms with van der Waals surface area (Å²) in [6.45, 7) is 2.06. The van der Waals surface area contributed by atoms with Crippen LogP contribution in [-0.4, -0.2) is 18.4 Å². The normalized spacial score (nSPS) is 13.6. The number of hydrogen-bond donors (Lipinski definition) is 1. The average molecular weight is 296 g/mol. The molecule has 0 aromatic heterocycles. The van der Waals surface area contributed by atoms with Gasteiger partial charge in [-0.3, -0.25) is 5.43 Å². The summed E-state index contributed by atoms with van der Waals surface area (Å²) in [6.07, 6.45) is 0. The first kappa shape index (κ1) is 13.9. The van der Waals surface area contributed by atoms with Crippen LogP contribution in [0.5, 0.6) is 0 Å². The molecule has 0 fully saturated rings. The summed E-state index contributed by atoms with van der Waals surface area (Å²) in [7, 11) is 0. The van der Waals surface area contributed by atoms with E-state index in [0.29, 0.717) is 6.61 Å². The number of esters is 1. The van der Waals surface area contributed by atoms with Gasteiger partial charge in [0.05, 0.1) is 18.0 Å². The molecule has 1 aliphatic heterocycles. The van der Waals surface area contributed by atoms with Crippen LogP contribution in [0.25, 0.3) is 0 Å². The number of hydrazine groups is 2. The maximum absolute atomic E-state index is 11.9. The number of ether oxygens (including phenoxy) is 1. The number of amidine groups is 1. The Bertz CT molecular complexity index is 673. The van der Waals surface area contributed by atoms with Crippen molar-refractivity contribution in [1.29, 1.82) is 0 Å². The van der Waals surface area contributed by atoms with Crippen molar-refractivity contribution in [3.63, 3.8) is 0 Å². The third-order valence-electron chi connectivity index (χ3n) is 3.05. The lowest BCUT2D eigenvalue weighted by molar-refractivity contribution is -0.135. The molecule has 0 bridgehead atoms. The van der Waals surface area contributed by atoms with Crippen molar-refractivity contribution in [2.45, 2.75) is 6.92 Å². The molecule has 0 aliphatic carbocycles. The number of nitrogens with one attached hydrogen (secondary N) is 1. The van der Waals surface area contributed by atoms with Gasteiger partial charge in [0.15, 0.2) is 0 Å². The van der Waals surface area contributed by atoms with Crippen molar-refractivity contribution in [2.75, 3.05) is 16.8 Å². The zero-order valence-corrected chi connectivity index (χ0v) is 12.1. The first-order chi connectivity index (χ1) is 10.8. The molecule has 1 aliphatic rings. The number of para-hydroxylation sites is 2. The number of hydrazone groups is 1. The molecule has 2 aromatic carbocycles. The molecule has 1 heterocycles. The van der Waals surface area contributed by atoms with Crippen LogP contribution in [0.15, 0.2) is 65.8 Å². The van der Waals surface area contributed by atoms with Crippen LogP contribution in [-0.2, 0) is 9.53 Å². The van der Waals surface area contributed by atoms with Crippen LogP contribution in [0.4, 0.5) is 11.4 Å². The number of rotatable bonds is 4. The van der Waals surface area contributed by atoms with E-state index in [4.69, 9.17) is 4.74 Å². The van der Waals surface area contributed by atoms with Gasteiger partial charge in [-0.25, -0.2) is 4.79 Å². The largest absolute Gasteiger partial charge is 0.460 e. The van der Waals surface area contributed by atoms with Gasteiger partial charge in [0, 0.05) is 0 Å². The number of carbonyl (C=O) groups is 1. The summed E-state index contributed by atoms with van der Waals surface area (Å²) >= 11 is 0. The quantitative estimate of drug-likeness (QED) is 0.877. The van der Waals surface area contributed by atoms with Crippen LogP contribution in [0.1, 0.15) is 6.92 Å². The molecule has 0 saturated carbocycles. The van der Waals surface area contributed by atoms with E-state index in [-0.39, 0.29) is 5.84 Å². The fraction of sp³-hybridized carbons (Fsp3) is 0.125. The van der Waals surface area contributed by atoms with E-state index in [1.54, 1.807) is 17.2 Å². The molecule has 0 amide bonds. The summed E-state index contributed by atoms with van der Waals surface area (Å²) in [5.41, 5.74) is 4.66. The third-order valence-corrected chi connectivity index (χ3v) is 3.05. The third kappa shape index (κ3) is 2.71. The van der Waals surface area contributed by atoms with Gasteiger partial charge in [0.1, 0.15) is 0 Å². The van der Waals surface area contributed by atoms with Crippen LogP contribution < -0.4 is 15.7 Å². The number of nitrogens with zero attached hydrogens (tertiary/aromatic N) is 3. The lowest BCUT2D eigenvalue weighted by atomic mass is 10.3. The Balaban J connectivity index is 1.94. The maximum Gasteiger partial charge on any atom is 0.377 e. The molecule has 0 spiro atoms. The number of benzene rings is 2. The summed E-state index contributed by atoms with van der Waals surface area (Å²) in [4.78, 5) is 11.9. The molecule has 2 aromatic rings. The summed E-state index contributed by atoms with van der Waals surface area (Å²) in [5.74, 6) is -0.337. The Morgan fingerprint density at radius 2 is 1.64 bits per heavy atom. The molecule has 6 nitrogen and oxygen atoms in total. The van der Waals surface area contributed by atoms with Crippen LogP contribution in [0.2, 0.25) is 0 Å². The van der Waals surface area contributed by atoms with Crippen molar-refractivity contribution in [2.24, 2.45) is 5.10 Å². The van der Waals surface area contributed by atoms with E-state index in [9.17, 15) is 4.79 Å². The zero-order chi connectivity index (χ0) is 15.4. The fourth-order valence-electron chi connectivity index (χ4n) is 2.07. The topological polar surface area (TPSA) is 57.2 Å². The van der Waals surface area contributed by atoms with Crippen molar-refractivity contribution in [3.05, 3.63) is 60.7 Å². The summed E-state index contributed by atoms with van der Waals surface area (Å²) in [6, 6.07) is 19.2. The van der Waals surface area contributed by atoms with Crippen LogP contribution in [0.3, 0.4) is 0 Å². The highest BCUT2D eigenvalue weighted by Gasteiger charge is 2.29. The Hall–Kier alpha value is -3.02. The molecule has 3 rings (SSSR count). The van der Waals surface area contributed by atoms with Gasteiger partial charge in [-0.2, -0.15) is 10.2 Å². The second kappa shape index (κ2) is 6.17. The second-order valence-corrected chi connectivity index (χ2v) is 4.55. The molecule has 6 heteroatoms. The highest BCUT2D eigenvalue weighted by molar-refractivity contribution is 6.36. The van der Waals surface area contributed by atoms with Gasteiger partial charge >= 0.3 is 5.97 Å². The monoisotopic (exact) mass is 296 g/mol. The number of anilines is 2. The lowest BCUT2D eigenvalue weighted by Gasteiger charge is -2.27. The van der Waals surface area contributed by atoms with E-state index in [1.807, 2.05) is 60.7 Å². The Labute approximate surface area is 128 Å². The molecule has 0 unspecified atom stereocenters. The van der Waals surface area contributed by atoms with Crippen molar-refractivity contribution in [3.8, 4) is 0 Å². The van der Waals surface area contributed by atoms with Gasteiger partial charge in [0.2, 0.25) is 0 Å². The van der Waals surface area contributed by atoms with Gasteiger partial charge in [-0.1, -0.05) is 36.4 Å². The highest BCUT2D eigenvalue weighted by Crippen LogP contribution is 2.24. The molecule has 0 atom stereocenters. The predicted molar refractivity (Wildman–Crippen MR) is 85.0 cm³/mol. The standard InChI is InChI=1S/C16H16N4O2/c1-2-22-16(21)15-17-19(13-9-5-3-6-10-13)20(18-15)14-11-7-4-8-12-14/h3-12H,2H2,1H3,(H,17,18). The Morgan fingerprint density at radius 3 is 2.23 bits per heavy atom. The number of hydrogen-bond acceptors (Lipinski definition) is 6. The van der Waals surface area contributed by atoms with Gasteiger partial charge in [-0.05, 0) is 31.2 Å². The minimum atomic E-state index is -0.484. The van der Waals surface area contributed by atoms with Gasteiger partial charge < -0.3 is 4.74 Å². The fourth-order valence-corrected chi connectivity index (χ4v) is 2.07. The molecule has 112 valence electrons. The summed E-state index contributed by atoms with van der Waals surface area (Å²) < 4.78 is 5.01. The molecular weight excluding hydrogens is 280 g/mol. The van der Waals surface area contributed by atoms with Crippen LogP contribution >= 0.6 is 0 Å². The lowest BCUT2D eigenvalue weighted by Crippen LogP contribution is -2.46. The highest BCUT2D eigenvalue weighted by atomic mass is 16.5. The predicted octanol–water partition coefficient (Wildman–Crippen LogP) is 2.31. The Morgan fingerprint density at radius 1 is 1.05 bits per heavy atom. The van der Waals surface area contributed by atoms with E-state index in [0.717, 1.165) is 11.4 Å². The zero-order valence-electron chi connectivity index (χ0n) is 12.1. The Kier molecular flexibility index (Phi) is 3.91.